The quantitative estimate of drug-likeness (QED) is 0.346. The minimum absolute atomic E-state index is 0.0613. The molecule has 0 spiro atoms. The van der Waals surface area contributed by atoms with Gasteiger partial charge >= 0.3 is 6.03 Å². The number of thiophene rings is 1. The van der Waals surface area contributed by atoms with E-state index in [2.05, 4.69) is 37.1 Å². The molecule has 0 saturated carbocycles. The summed E-state index contributed by atoms with van der Waals surface area (Å²) >= 11 is 5.07. The molecule has 24 heavy (non-hydrogen) atoms. The van der Waals surface area contributed by atoms with Gasteiger partial charge in [-0.2, -0.15) is 5.10 Å². The van der Waals surface area contributed by atoms with Gasteiger partial charge in [-0.1, -0.05) is 12.8 Å². The number of carbonyl (C=O) groups is 2. The van der Waals surface area contributed by atoms with E-state index >= 15 is 0 Å². The number of nitrogens with one attached hydrogen (secondary N) is 3. The Balaban J connectivity index is 1.54. The second-order valence-electron chi connectivity index (χ2n) is 5.83. The molecule has 2 rings (SSSR count). The van der Waals surface area contributed by atoms with Crippen molar-refractivity contribution >= 4 is 45.4 Å². The van der Waals surface area contributed by atoms with Gasteiger partial charge in [0.1, 0.15) is 0 Å². The zero-order valence-corrected chi connectivity index (χ0v) is 16.1. The van der Waals surface area contributed by atoms with E-state index in [1.807, 2.05) is 13.0 Å². The van der Waals surface area contributed by atoms with Gasteiger partial charge in [0, 0.05) is 33.2 Å². The lowest BCUT2D eigenvalue weighted by Gasteiger charge is -2.24. The van der Waals surface area contributed by atoms with E-state index < -0.39 is 0 Å². The van der Waals surface area contributed by atoms with Crippen molar-refractivity contribution in [3.63, 3.8) is 0 Å². The number of carbonyl (C=O) groups excluding carboxylic acids is 2. The number of aryl methyl sites for hydroxylation is 1. The molecule has 8 heteroatoms. The largest absolute Gasteiger partial charge is 0.338 e. The van der Waals surface area contributed by atoms with Crippen LogP contribution >= 0.6 is 27.3 Å². The van der Waals surface area contributed by atoms with Gasteiger partial charge in [0.05, 0.1) is 6.21 Å². The maximum Gasteiger partial charge on any atom is 0.315 e. The van der Waals surface area contributed by atoms with Crippen LogP contribution in [0.1, 0.15) is 48.3 Å². The Morgan fingerprint density at radius 2 is 2.33 bits per heavy atom. The molecule has 2 heterocycles. The van der Waals surface area contributed by atoms with Crippen molar-refractivity contribution in [1.82, 2.24) is 16.1 Å². The summed E-state index contributed by atoms with van der Waals surface area (Å²) in [5, 5.41) is 9.65. The van der Waals surface area contributed by atoms with E-state index in [-0.39, 0.29) is 18.0 Å². The minimum Gasteiger partial charge on any atom is -0.338 e. The number of amides is 3. The van der Waals surface area contributed by atoms with Gasteiger partial charge in [-0.05, 0) is 48.2 Å². The Kier molecular flexibility index (Phi) is 7.71. The fourth-order valence-electron chi connectivity index (χ4n) is 2.51. The first kappa shape index (κ1) is 18.9. The van der Waals surface area contributed by atoms with Gasteiger partial charge in [-0.3, -0.25) is 4.79 Å². The SMILES string of the molecule is Cc1sc(/C=N\NC(=O)CCCCC[C@H]2CCNC(=O)N2)cc1Br. The van der Waals surface area contributed by atoms with Crippen LogP contribution in [0.3, 0.4) is 0 Å². The first-order valence-corrected chi connectivity index (χ1v) is 9.78. The fraction of sp³-hybridized carbons (Fsp3) is 0.562. The third kappa shape index (κ3) is 6.60. The number of hydrazone groups is 1. The average Bonchev–Trinajstić information content (AvgIpc) is 2.85. The molecule has 0 aromatic carbocycles. The molecule has 1 saturated heterocycles. The Morgan fingerprint density at radius 3 is 3.04 bits per heavy atom. The van der Waals surface area contributed by atoms with E-state index in [9.17, 15) is 9.59 Å². The van der Waals surface area contributed by atoms with Gasteiger partial charge in [0.2, 0.25) is 5.91 Å². The smallest absolute Gasteiger partial charge is 0.315 e. The maximum absolute atomic E-state index is 11.7. The molecule has 0 bridgehead atoms. The summed E-state index contributed by atoms with van der Waals surface area (Å²) in [7, 11) is 0. The molecule has 3 amide bonds. The topological polar surface area (TPSA) is 82.6 Å². The fourth-order valence-corrected chi connectivity index (χ4v) is 3.94. The van der Waals surface area contributed by atoms with Crippen LogP contribution in [0.4, 0.5) is 4.79 Å². The number of urea groups is 1. The van der Waals surface area contributed by atoms with E-state index in [1.54, 1.807) is 17.6 Å². The number of hydrogen-bond donors (Lipinski definition) is 3. The summed E-state index contributed by atoms with van der Waals surface area (Å²) in [6.45, 7) is 2.77. The molecule has 0 unspecified atom stereocenters. The summed E-state index contributed by atoms with van der Waals surface area (Å²) < 4.78 is 1.06. The van der Waals surface area contributed by atoms with Gasteiger partial charge < -0.3 is 10.6 Å². The highest BCUT2D eigenvalue weighted by molar-refractivity contribution is 9.10. The molecule has 0 aliphatic carbocycles. The molecule has 1 atom stereocenters. The van der Waals surface area contributed by atoms with Gasteiger partial charge in [-0.25, -0.2) is 10.2 Å². The highest BCUT2D eigenvalue weighted by Crippen LogP contribution is 2.24. The van der Waals surface area contributed by atoms with Crippen LogP contribution in [0.2, 0.25) is 0 Å². The second-order valence-corrected chi connectivity index (χ2v) is 7.97. The summed E-state index contributed by atoms with van der Waals surface area (Å²) in [5.41, 5.74) is 2.56. The number of unbranched alkanes of at least 4 members (excludes halogenated alkanes) is 2. The minimum atomic E-state index is -0.0727. The predicted molar refractivity (Wildman–Crippen MR) is 101 cm³/mol. The normalized spacial score (nSPS) is 17.6. The van der Waals surface area contributed by atoms with Gasteiger partial charge in [-0.15, -0.1) is 11.3 Å². The molecule has 1 aromatic heterocycles. The number of halogens is 1. The van der Waals surface area contributed by atoms with E-state index in [0.717, 1.165) is 48.0 Å². The van der Waals surface area contributed by atoms with Crippen molar-refractivity contribution in [1.29, 1.82) is 0 Å². The van der Waals surface area contributed by atoms with Crippen molar-refractivity contribution in [3.05, 3.63) is 20.3 Å². The van der Waals surface area contributed by atoms with Gasteiger partial charge in [0.25, 0.3) is 0 Å². The van der Waals surface area contributed by atoms with E-state index in [4.69, 9.17) is 0 Å². The molecule has 1 aliphatic heterocycles. The lowest BCUT2D eigenvalue weighted by Crippen LogP contribution is -2.49. The van der Waals surface area contributed by atoms with Crippen molar-refractivity contribution in [2.45, 2.75) is 51.5 Å². The Hall–Kier alpha value is -1.41. The molecule has 1 aromatic rings. The first-order chi connectivity index (χ1) is 11.5. The van der Waals surface area contributed by atoms with Crippen molar-refractivity contribution < 1.29 is 9.59 Å². The summed E-state index contributed by atoms with van der Waals surface area (Å²) in [5.74, 6) is -0.0613. The maximum atomic E-state index is 11.7. The Morgan fingerprint density at radius 1 is 1.50 bits per heavy atom. The van der Waals surface area contributed by atoms with Crippen LogP contribution in [0.25, 0.3) is 0 Å². The van der Waals surface area contributed by atoms with Crippen LogP contribution < -0.4 is 16.1 Å². The van der Waals surface area contributed by atoms with E-state index in [0.29, 0.717) is 6.42 Å². The molecular weight excluding hydrogens is 392 g/mol. The van der Waals surface area contributed by atoms with Crippen molar-refractivity contribution in [3.8, 4) is 0 Å². The second kappa shape index (κ2) is 9.78. The van der Waals surface area contributed by atoms with Crippen LogP contribution in [-0.2, 0) is 4.79 Å². The van der Waals surface area contributed by atoms with Crippen LogP contribution in [0.15, 0.2) is 15.6 Å². The third-order valence-electron chi connectivity index (χ3n) is 3.83. The molecule has 1 fully saturated rings. The number of hydrogen-bond acceptors (Lipinski definition) is 4. The first-order valence-electron chi connectivity index (χ1n) is 8.17. The zero-order valence-electron chi connectivity index (χ0n) is 13.7. The van der Waals surface area contributed by atoms with Gasteiger partial charge in [0.15, 0.2) is 0 Å². The van der Waals surface area contributed by atoms with Crippen molar-refractivity contribution in [2.24, 2.45) is 5.10 Å². The van der Waals surface area contributed by atoms with Crippen LogP contribution in [-0.4, -0.2) is 30.7 Å². The lowest BCUT2D eigenvalue weighted by atomic mass is 10.0. The molecule has 0 radical (unpaired) electrons. The van der Waals surface area contributed by atoms with E-state index in [1.165, 1.54) is 4.88 Å². The summed E-state index contributed by atoms with van der Waals surface area (Å²) in [6, 6.07) is 2.18. The summed E-state index contributed by atoms with van der Waals surface area (Å²) in [4.78, 5) is 25.1. The molecule has 1 aliphatic rings. The van der Waals surface area contributed by atoms with Crippen molar-refractivity contribution in [2.75, 3.05) is 6.54 Å². The third-order valence-corrected chi connectivity index (χ3v) is 5.90. The number of nitrogens with zero attached hydrogens (tertiary/aromatic N) is 1. The lowest BCUT2D eigenvalue weighted by molar-refractivity contribution is -0.121. The highest BCUT2D eigenvalue weighted by Gasteiger charge is 2.16. The van der Waals surface area contributed by atoms with Crippen LogP contribution in [0, 0.1) is 6.92 Å². The molecule has 132 valence electrons. The molecule has 6 nitrogen and oxygen atoms in total. The highest BCUT2D eigenvalue weighted by atomic mass is 79.9. The predicted octanol–water partition coefficient (Wildman–Crippen LogP) is 3.29. The zero-order chi connectivity index (χ0) is 17.4. The Labute approximate surface area is 154 Å². The standard InChI is InChI=1S/C16H23BrN4O2S/c1-11-14(17)9-13(24-11)10-19-21-15(22)6-4-2-3-5-12-7-8-18-16(23)20-12/h9-10,12H,2-8H2,1H3,(H,21,22)(H2,18,20,23)/b19-10-/t12-/m0/s1. The Bertz CT molecular complexity index is 583. The molecular formula is C16H23BrN4O2S. The molecule has 3 N–H and O–H groups in total. The summed E-state index contributed by atoms with van der Waals surface area (Å²) in [6.07, 6.45) is 6.92. The van der Waals surface area contributed by atoms with Crippen LogP contribution in [0.5, 0.6) is 0 Å². The average molecular weight is 415 g/mol. The number of rotatable bonds is 8. The monoisotopic (exact) mass is 414 g/mol.